The maximum atomic E-state index is 10.6. The van der Waals surface area contributed by atoms with E-state index in [2.05, 4.69) is 22.9 Å². The third-order valence-corrected chi connectivity index (χ3v) is 2.80. The third kappa shape index (κ3) is 7.26. The molecule has 0 radical (unpaired) electrons. The van der Waals surface area contributed by atoms with E-state index in [0.29, 0.717) is 6.42 Å². The molecule has 5 heteroatoms. The van der Waals surface area contributed by atoms with E-state index in [1.807, 2.05) is 6.20 Å². The van der Waals surface area contributed by atoms with Crippen LogP contribution in [-0.4, -0.2) is 35.5 Å². The van der Waals surface area contributed by atoms with Crippen LogP contribution < -0.4 is 5.73 Å². The van der Waals surface area contributed by atoms with E-state index in [4.69, 9.17) is 5.73 Å². The van der Waals surface area contributed by atoms with Gasteiger partial charge in [0, 0.05) is 31.9 Å². The summed E-state index contributed by atoms with van der Waals surface area (Å²) < 4.78 is 0. The van der Waals surface area contributed by atoms with Gasteiger partial charge < -0.3 is 15.5 Å². The van der Waals surface area contributed by atoms with Crippen LogP contribution in [0.25, 0.3) is 0 Å². The molecule has 0 aromatic heterocycles. The van der Waals surface area contributed by atoms with Crippen molar-refractivity contribution in [2.24, 2.45) is 5.73 Å². The molecule has 0 saturated heterocycles. The highest BCUT2D eigenvalue weighted by atomic mass is 79.9. The summed E-state index contributed by atoms with van der Waals surface area (Å²) >= 11 is 0. The lowest BCUT2D eigenvalue weighted by Gasteiger charge is -2.20. The predicted molar refractivity (Wildman–Crippen MR) is 75.7 cm³/mol. The molecule has 0 unspecified atom stereocenters. The van der Waals surface area contributed by atoms with Crippen molar-refractivity contribution in [2.45, 2.75) is 39.0 Å². The van der Waals surface area contributed by atoms with Gasteiger partial charge in [-0.3, -0.25) is 4.79 Å². The lowest BCUT2D eigenvalue weighted by Crippen LogP contribution is -2.28. The van der Waals surface area contributed by atoms with Gasteiger partial charge in [-0.05, 0) is 6.42 Å². The molecule has 100 valence electrons. The summed E-state index contributed by atoms with van der Waals surface area (Å²) in [4.78, 5) is 15.1. The number of amides is 1. The predicted octanol–water partition coefficient (Wildman–Crippen LogP) is 2.07. The van der Waals surface area contributed by atoms with Crippen LogP contribution in [0, 0.1) is 0 Å². The van der Waals surface area contributed by atoms with Gasteiger partial charge in [0.2, 0.25) is 5.91 Å². The van der Waals surface area contributed by atoms with E-state index in [1.165, 1.54) is 25.7 Å². The van der Waals surface area contributed by atoms with Gasteiger partial charge in [0.05, 0.1) is 6.67 Å². The molecule has 1 aliphatic rings. The summed E-state index contributed by atoms with van der Waals surface area (Å²) in [6, 6.07) is 0. The first-order valence-corrected chi connectivity index (χ1v) is 6.17. The third-order valence-electron chi connectivity index (χ3n) is 2.80. The average molecular weight is 306 g/mol. The molecular weight excluding hydrogens is 282 g/mol. The average Bonchev–Trinajstić information content (AvgIpc) is 2.70. The van der Waals surface area contributed by atoms with Crippen molar-refractivity contribution >= 4 is 22.9 Å². The number of nitrogens with two attached hydrogens (primary N) is 1. The van der Waals surface area contributed by atoms with Gasteiger partial charge in [-0.25, -0.2) is 0 Å². The number of rotatable bonds is 8. The van der Waals surface area contributed by atoms with Crippen molar-refractivity contribution in [3.05, 3.63) is 12.4 Å². The van der Waals surface area contributed by atoms with Crippen LogP contribution in [0.1, 0.15) is 39.0 Å². The minimum absolute atomic E-state index is 0. The molecule has 0 bridgehead atoms. The Morgan fingerprint density at radius 1 is 1.18 bits per heavy atom. The summed E-state index contributed by atoms with van der Waals surface area (Å²) in [5.74, 6) is -0.227. The molecule has 2 N–H and O–H groups in total. The number of primary amides is 1. The number of halogens is 1. The molecule has 0 aromatic rings. The van der Waals surface area contributed by atoms with Crippen molar-refractivity contribution in [3.63, 3.8) is 0 Å². The maximum Gasteiger partial charge on any atom is 0.219 e. The fourth-order valence-electron chi connectivity index (χ4n) is 1.80. The fraction of sp³-hybridized carbons (Fsp3) is 0.750. The molecule has 1 rings (SSSR count). The van der Waals surface area contributed by atoms with E-state index < -0.39 is 0 Å². The first kappa shape index (κ1) is 16.3. The number of unbranched alkanes of at least 4 members (excludes halogenated alkanes) is 3. The molecule has 0 fully saturated rings. The summed E-state index contributed by atoms with van der Waals surface area (Å²) in [6.07, 6.45) is 9.75. The molecule has 0 aliphatic carbocycles. The van der Waals surface area contributed by atoms with Crippen LogP contribution in [0.4, 0.5) is 0 Å². The Hall–Kier alpha value is -0.710. The van der Waals surface area contributed by atoms with Gasteiger partial charge in [0.15, 0.2) is 0 Å². The molecular formula is C12H24BrN3O. The van der Waals surface area contributed by atoms with E-state index in [0.717, 1.165) is 19.8 Å². The summed E-state index contributed by atoms with van der Waals surface area (Å²) in [5, 5.41) is 0. The van der Waals surface area contributed by atoms with Crippen molar-refractivity contribution in [3.8, 4) is 0 Å². The Morgan fingerprint density at radius 3 is 2.41 bits per heavy atom. The summed E-state index contributed by atoms with van der Waals surface area (Å²) in [7, 11) is 0. The van der Waals surface area contributed by atoms with Gasteiger partial charge in [-0.1, -0.05) is 26.2 Å². The molecule has 4 nitrogen and oxygen atoms in total. The SMILES string of the molecule is Br.CCCCCCN1C=CN(CCC(N)=O)C1. The zero-order valence-electron chi connectivity index (χ0n) is 10.6. The minimum atomic E-state index is -0.227. The maximum absolute atomic E-state index is 10.6. The van der Waals surface area contributed by atoms with Gasteiger partial charge in [-0.15, -0.1) is 17.0 Å². The molecule has 17 heavy (non-hydrogen) atoms. The molecule has 0 atom stereocenters. The Bertz CT molecular complexity index is 246. The van der Waals surface area contributed by atoms with Crippen LogP contribution >= 0.6 is 17.0 Å². The smallest absolute Gasteiger partial charge is 0.219 e. The quantitative estimate of drug-likeness (QED) is 0.698. The second-order valence-corrected chi connectivity index (χ2v) is 4.34. The lowest BCUT2D eigenvalue weighted by atomic mass is 10.2. The van der Waals surface area contributed by atoms with Crippen molar-refractivity contribution in [1.82, 2.24) is 9.80 Å². The Balaban J connectivity index is 0.00000256. The van der Waals surface area contributed by atoms with Gasteiger partial charge >= 0.3 is 0 Å². The summed E-state index contributed by atoms with van der Waals surface area (Å²) in [5.41, 5.74) is 5.12. The molecule has 1 heterocycles. The topological polar surface area (TPSA) is 49.6 Å². The highest BCUT2D eigenvalue weighted by Crippen LogP contribution is 2.09. The van der Waals surface area contributed by atoms with Crippen LogP contribution in [0.5, 0.6) is 0 Å². The van der Waals surface area contributed by atoms with Crippen LogP contribution in [0.3, 0.4) is 0 Å². The number of hydrogen-bond donors (Lipinski definition) is 1. The monoisotopic (exact) mass is 305 g/mol. The van der Waals surface area contributed by atoms with Crippen LogP contribution in [0.15, 0.2) is 12.4 Å². The number of nitrogens with zero attached hydrogens (tertiary/aromatic N) is 2. The Labute approximate surface area is 115 Å². The van der Waals surface area contributed by atoms with Crippen molar-refractivity contribution in [2.75, 3.05) is 19.8 Å². The number of carbonyl (C=O) groups is 1. The molecule has 0 aromatic carbocycles. The Kier molecular flexibility index (Phi) is 8.94. The first-order chi connectivity index (χ1) is 7.72. The molecule has 1 amide bonds. The van der Waals surface area contributed by atoms with Crippen molar-refractivity contribution < 1.29 is 4.79 Å². The fourth-order valence-corrected chi connectivity index (χ4v) is 1.80. The van der Waals surface area contributed by atoms with Crippen LogP contribution in [0.2, 0.25) is 0 Å². The van der Waals surface area contributed by atoms with Gasteiger partial charge in [0.1, 0.15) is 0 Å². The van der Waals surface area contributed by atoms with E-state index in [9.17, 15) is 4.79 Å². The van der Waals surface area contributed by atoms with E-state index >= 15 is 0 Å². The lowest BCUT2D eigenvalue weighted by molar-refractivity contribution is -0.118. The van der Waals surface area contributed by atoms with Crippen molar-refractivity contribution in [1.29, 1.82) is 0 Å². The standard InChI is InChI=1S/C12H23N3O.BrH/c1-2-3-4-5-7-14-9-10-15(11-14)8-6-12(13)16;/h9-10H,2-8,11H2,1H3,(H2,13,16);1H. The number of carbonyl (C=O) groups excluding carboxylic acids is 1. The minimum Gasteiger partial charge on any atom is -0.370 e. The molecule has 1 aliphatic heterocycles. The first-order valence-electron chi connectivity index (χ1n) is 6.17. The van der Waals surface area contributed by atoms with Gasteiger partial charge in [0.25, 0.3) is 0 Å². The summed E-state index contributed by atoms with van der Waals surface area (Å²) in [6.45, 7) is 4.97. The zero-order valence-corrected chi connectivity index (χ0v) is 12.3. The van der Waals surface area contributed by atoms with E-state index in [1.54, 1.807) is 0 Å². The number of hydrogen-bond acceptors (Lipinski definition) is 3. The highest BCUT2D eigenvalue weighted by molar-refractivity contribution is 8.93. The Morgan fingerprint density at radius 2 is 1.82 bits per heavy atom. The van der Waals surface area contributed by atoms with Gasteiger partial charge in [-0.2, -0.15) is 0 Å². The highest BCUT2D eigenvalue weighted by Gasteiger charge is 2.11. The second-order valence-electron chi connectivity index (χ2n) is 4.34. The normalized spacial score (nSPS) is 13.9. The van der Waals surface area contributed by atoms with E-state index in [-0.39, 0.29) is 22.9 Å². The second kappa shape index (κ2) is 9.33. The molecule has 0 saturated carbocycles. The largest absolute Gasteiger partial charge is 0.370 e. The van der Waals surface area contributed by atoms with Crippen LogP contribution in [-0.2, 0) is 4.79 Å². The molecule has 0 spiro atoms. The zero-order chi connectivity index (χ0) is 11.8.